The van der Waals surface area contributed by atoms with Gasteiger partial charge in [-0.2, -0.15) is 0 Å². The Kier molecular flexibility index (Phi) is 5.39. The molecule has 0 aromatic carbocycles. The molecule has 0 saturated carbocycles. The summed E-state index contributed by atoms with van der Waals surface area (Å²) in [6.07, 6.45) is 4.05. The van der Waals surface area contributed by atoms with Crippen molar-refractivity contribution in [2.24, 2.45) is 0 Å². The van der Waals surface area contributed by atoms with Gasteiger partial charge in [-0.25, -0.2) is 9.97 Å². The average molecular weight is 236 g/mol. The number of aromatic nitrogens is 2. The van der Waals surface area contributed by atoms with Crippen LogP contribution in [0.2, 0.25) is 0 Å². The second-order valence-electron chi connectivity index (χ2n) is 4.11. The Morgan fingerprint density at radius 3 is 2.82 bits per heavy atom. The molecule has 1 aromatic heterocycles. The number of nitrogens with one attached hydrogen (secondary N) is 1. The molecule has 0 atom stereocenters. The van der Waals surface area contributed by atoms with E-state index in [-0.39, 0.29) is 5.91 Å². The third-order valence-corrected chi connectivity index (χ3v) is 2.37. The molecule has 17 heavy (non-hydrogen) atoms. The first-order chi connectivity index (χ1) is 8.13. The lowest BCUT2D eigenvalue weighted by molar-refractivity contribution is -0.128. The number of anilines is 1. The third kappa shape index (κ3) is 4.80. The molecule has 5 nitrogen and oxygen atoms in total. The van der Waals surface area contributed by atoms with Gasteiger partial charge in [0.1, 0.15) is 12.1 Å². The Bertz CT molecular complexity index is 365. The summed E-state index contributed by atoms with van der Waals surface area (Å²) in [4.78, 5) is 21.2. The fourth-order valence-corrected chi connectivity index (χ4v) is 1.41. The number of hydrogen-bond donors (Lipinski definition) is 1. The zero-order valence-corrected chi connectivity index (χ0v) is 10.7. The number of hydrogen-bond acceptors (Lipinski definition) is 4. The van der Waals surface area contributed by atoms with Crippen molar-refractivity contribution >= 4 is 11.7 Å². The van der Waals surface area contributed by atoms with E-state index in [1.165, 1.54) is 0 Å². The highest BCUT2D eigenvalue weighted by Gasteiger charge is 2.03. The summed E-state index contributed by atoms with van der Waals surface area (Å²) in [6, 6.07) is 1.93. The highest BCUT2D eigenvalue weighted by Crippen LogP contribution is 2.05. The van der Waals surface area contributed by atoms with E-state index in [0.29, 0.717) is 13.0 Å². The lowest BCUT2D eigenvalue weighted by Gasteiger charge is -2.10. The molecule has 94 valence electrons. The number of nitrogens with zero attached hydrogens (tertiary/aromatic N) is 3. The van der Waals surface area contributed by atoms with Crippen molar-refractivity contribution in [3.8, 4) is 0 Å². The molecule has 1 aromatic rings. The van der Waals surface area contributed by atoms with E-state index in [0.717, 1.165) is 24.4 Å². The summed E-state index contributed by atoms with van der Waals surface area (Å²) >= 11 is 0. The lowest BCUT2D eigenvalue weighted by Crippen LogP contribution is -2.24. The Morgan fingerprint density at radius 1 is 1.41 bits per heavy atom. The van der Waals surface area contributed by atoms with Gasteiger partial charge in [0, 0.05) is 38.8 Å². The second kappa shape index (κ2) is 6.83. The molecular formula is C12H20N4O. The van der Waals surface area contributed by atoms with Gasteiger partial charge in [-0.15, -0.1) is 0 Å². The molecule has 1 heterocycles. The Morgan fingerprint density at radius 2 is 2.18 bits per heavy atom. The maximum atomic E-state index is 11.4. The maximum Gasteiger partial charge on any atom is 0.223 e. The monoisotopic (exact) mass is 236 g/mol. The Hall–Kier alpha value is -1.65. The van der Waals surface area contributed by atoms with E-state index >= 15 is 0 Å². The van der Waals surface area contributed by atoms with Crippen LogP contribution in [0.4, 0.5) is 5.82 Å². The van der Waals surface area contributed by atoms with Crippen molar-refractivity contribution in [2.75, 3.05) is 26.0 Å². The summed E-state index contributed by atoms with van der Waals surface area (Å²) in [7, 11) is 3.51. The molecule has 0 aliphatic rings. The fraction of sp³-hybridized carbons (Fsp3) is 0.583. The van der Waals surface area contributed by atoms with Gasteiger partial charge >= 0.3 is 0 Å². The molecule has 0 saturated heterocycles. The molecular weight excluding hydrogens is 216 g/mol. The number of carbonyl (C=O) groups is 1. The van der Waals surface area contributed by atoms with E-state index in [2.05, 4.69) is 22.2 Å². The van der Waals surface area contributed by atoms with E-state index in [4.69, 9.17) is 0 Å². The standard InChI is InChI=1S/C12H20N4O/c1-4-5-10-8-11(15-9-14-10)13-7-6-12(17)16(2)3/h8-9H,4-7H2,1-3H3,(H,13,14,15). The highest BCUT2D eigenvalue weighted by atomic mass is 16.2. The highest BCUT2D eigenvalue weighted by molar-refractivity contribution is 5.76. The molecule has 0 bridgehead atoms. The van der Waals surface area contributed by atoms with Crippen LogP contribution in [0.15, 0.2) is 12.4 Å². The minimum Gasteiger partial charge on any atom is -0.369 e. The van der Waals surface area contributed by atoms with Crippen LogP contribution in [-0.2, 0) is 11.2 Å². The smallest absolute Gasteiger partial charge is 0.223 e. The molecule has 0 spiro atoms. The van der Waals surface area contributed by atoms with Crippen LogP contribution in [0.5, 0.6) is 0 Å². The van der Waals surface area contributed by atoms with Crippen LogP contribution < -0.4 is 5.32 Å². The molecule has 1 rings (SSSR count). The van der Waals surface area contributed by atoms with Gasteiger partial charge in [0.15, 0.2) is 0 Å². The summed E-state index contributed by atoms with van der Waals surface area (Å²) in [5.41, 5.74) is 1.03. The van der Waals surface area contributed by atoms with E-state index in [1.54, 1.807) is 25.3 Å². The summed E-state index contributed by atoms with van der Waals surface area (Å²) in [6.45, 7) is 2.71. The number of carbonyl (C=O) groups excluding carboxylic acids is 1. The van der Waals surface area contributed by atoms with E-state index < -0.39 is 0 Å². The molecule has 0 aliphatic heterocycles. The van der Waals surface area contributed by atoms with Crippen LogP contribution in [0, 0.1) is 0 Å². The summed E-state index contributed by atoms with van der Waals surface area (Å²) in [5, 5.41) is 3.13. The van der Waals surface area contributed by atoms with Crippen LogP contribution in [0.25, 0.3) is 0 Å². The van der Waals surface area contributed by atoms with Crippen LogP contribution >= 0.6 is 0 Å². The van der Waals surface area contributed by atoms with Crippen molar-refractivity contribution < 1.29 is 4.79 Å². The van der Waals surface area contributed by atoms with Gasteiger partial charge in [0.25, 0.3) is 0 Å². The molecule has 0 unspecified atom stereocenters. The first kappa shape index (κ1) is 13.4. The zero-order chi connectivity index (χ0) is 12.7. The summed E-state index contributed by atoms with van der Waals surface area (Å²) < 4.78 is 0. The Balaban J connectivity index is 2.41. The van der Waals surface area contributed by atoms with Gasteiger partial charge in [0.2, 0.25) is 5.91 Å². The topological polar surface area (TPSA) is 58.1 Å². The predicted octanol–water partition coefficient (Wildman–Crippen LogP) is 1.32. The molecule has 0 radical (unpaired) electrons. The molecule has 5 heteroatoms. The second-order valence-corrected chi connectivity index (χ2v) is 4.11. The van der Waals surface area contributed by atoms with Crippen LogP contribution in [-0.4, -0.2) is 41.4 Å². The van der Waals surface area contributed by atoms with E-state index in [1.807, 2.05) is 6.07 Å². The maximum absolute atomic E-state index is 11.4. The molecule has 0 aliphatic carbocycles. The van der Waals surface area contributed by atoms with Crippen LogP contribution in [0.3, 0.4) is 0 Å². The fourth-order valence-electron chi connectivity index (χ4n) is 1.41. The molecule has 1 N–H and O–H groups in total. The van der Waals surface area contributed by atoms with Crippen molar-refractivity contribution in [1.82, 2.24) is 14.9 Å². The SMILES string of the molecule is CCCc1cc(NCCC(=O)N(C)C)ncn1. The van der Waals surface area contributed by atoms with Gasteiger partial charge in [-0.1, -0.05) is 13.3 Å². The third-order valence-electron chi connectivity index (χ3n) is 2.37. The Labute approximate surface area is 102 Å². The van der Waals surface area contributed by atoms with Crippen molar-refractivity contribution in [3.05, 3.63) is 18.1 Å². The predicted molar refractivity (Wildman–Crippen MR) is 67.8 cm³/mol. The normalized spacial score (nSPS) is 10.1. The van der Waals surface area contributed by atoms with Gasteiger partial charge < -0.3 is 10.2 Å². The quantitative estimate of drug-likeness (QED) is 0.809. The number of amides is 1. The first-order valence-electron chi connectivity index (χ1n) is 5.88. The van der Waals surface area contributed by atoms with Crippen molar-refractivity contribution in [1.29, 1.82) is 0 Å². The molecule has 1 amide bonds. The lowest BCUT2D eigenvalue weighted by atomic mass is 10.2. The minimum atomic E-state index is 0.111. The number of rotatable bonds is 6. The van der Waals surface area contributed by atoms with Crippen molar-refractivity contribution in [3.63, 3.8) is 0 Å². The van der Waals surface area contributed by atoms with Gasteiger partial charge in [-0.3, -0.25) is 4.79 Å². The van der Waals surface area contributed by atoms with Gasteiger partial charge in [-0.05, 0) is 6.42 Å². The molecule has 0 fully saturated rings. The van der Waals surface area contributed by atoms with Gasteiger partial charge in [0.05, 0.1) is 0 Å². The van der Waals surface area contributed by atoms with Crippen LogP contribution in [0.1, 0.15) is 25.5 Å². The summed E-state index contributed by atoms with van der Waals surface area (Å²) in [5.74, 6) is 0.898. The number of aryl methyl sites for hydroxylation is 1. The largest absolute Gasteiger partial charge is 0.369 e. The average Bonchev–Trinajstić information content (AvgIpc) is 2.29. The minimum absolute atomic E-state index is 0.111. The van der Waals surface area contributed by atoms with E-state index in [9.17, 15) is 4.79 Å². The first-order valence-corrected chi connectivity index (χ1v) is 5.88. The van der Waals surface area contributed by atoms with Crippen molar-refractivity contribution in [2.45, 2.75) is 26.2 Å². The zero-order valence-electron chi connectivity index (χ0n) is 10.7.